The molecule has 0 fully saturated rings. The fourth-order valence-corrected chi connectivity index (χ4v) is 7.03. The summed E-state index contributed by atoms with van der Waals surface area (Å²) in [5.74, 6) is -1.45. The predicted molar refractivity (Wildman–Crippen MR) is 188 cm³/mol. The molecule has 0 N–H and O–H groups in total. The lowest BCUT2D eigenvalue weighted by Crippen LogP contribution is -2.37. The quantitative estimate of drug-likeness (QED) is 0.171. The van der Waals surface area contributed by atoms with Crippen LogP contribution in [0, 0.1) is 17.8 Å². The van der Waals surface area contributed by atoms with Crippen molar-refractivity contribution in [1.82, 2.24) is 0 Å². The molecule has 5 nitrogen and oxygen atoms in total. The van der Waals surface area contributed by atoms with E-state index in [4.69, 9.17) is 32.7 Å². The topological polar surface area (TPSA) is 65.0 Å². The number of allylic oxidation sites excluding steroid dienone is 1. The summed E-state index contributed by atoms with van der Waals surface area (Å²) < 4.78 is 11.9. The minimum Gasteiger partial charge on any atom is -0.465 e. The van der Waals surface area contributed by atoms with Crippen LogP contribution < -0.4 is 0 Å². The van der Waals surface area contributed by atoms with E-state index in [2.05, 4.69) is 57.0 Å². The van der Waals surface area contributed by atoms with Gasteiger partial charge < -0.3 is 9.47 Å². The summed E-state index contributed by atoms with van der Waals surface area (Å²) in [4.78, 5) is 32.5. The minimum absolute atomic E-state index is 0.219. The van der Waals surface area contributed by atoms with E-state index in [1.165, 1.54) is 11.1 Å². The maximum atomic E-state index is 13.9. The molecule has 1 heterocycles. The Bertz CT molecular complexity index is 1550. The van der Waals surface area contributed by atoms with Gasteiger partial charge >= 0.3 is 11.9 Å². The number of esters is 2. The number of aliphatic imine (C=N–C) groups is 1. The smallest absolute Gasteiger partial charge is 0.336 e. The molecule has 0 saturated carbocycles. The third-order valence-corrected chi connectivity index (χ3v) is 9.85. The van der Waals surface area contributed by atoms with Crippen molar-refractivity contribution in [3.8, 4) is 0 Å². The molecular weight excluding hydrogens is 617 g/mol. The van der Waals surface area contributed by atoms with E-state index in [1.807, 2.05) is 36.4 Å². The molecule has 0 spiro atoms. The van der Waals surface area contributed by atoms with E-state index in [9.17, 15) is 9.59 Å². The number of halogens is 2. The average molecular weight is 663 g/mol. The van der Waals surface area contributed by atoms with Crippen LogP contribution in [0.1, 0.15) is 88.8 Å². The third kappa shape index (κ3) is 8.49. The van der Waals surface area contributed by atoms with Crippen molar-refractivity contribution in [1.29, 1.82) is 0 Å². The Morgan fingerprint density at radius 1 is 0.739 bits per heavy atom. The number of hydrogen-bond acceptors (Lipinski definition) is 5. The second-order valence-electron chi connectivity index (χ2n) is 12.8. The molecule has 3 aromatic carbocycles. The highest BCUT2D eigenvalue weighted by atomic mass is 35.5. The Morgan fingerprint density at radius 2 is 1.26 bits per heavy atom. The lowest BCUT2D eigenvalue weighted by Gasteiger charge is -2.32. The van der Waals surface area contributed by atoms with Crippen LogP contribution in [-0.4, -0.2) is 30.9 Å². The summed E-state index contributed by atoms with van der Waals surface area (Å²) in [7, 11) is 0. The molecule has 0 saturated heterocycles. The first-order valence-corrected chi connectivity index (χ1v) is 16.9. The van der Waals surface area contributed by atoms with Crippen molar-refractivity contribution in [2.24, 2.45) is 22.7 Å². The fraction of sp³-hybridized carbons (Fsp3) is 0.410. The maximum absolute atomic E-state index is 13.9. The fourth-order valence-electron chi connectivity index (χ4n) is 6.61. The van der Waals surface area contributed by atoms with Gasteiger partial charge in [0.1, 0.15) is 5.92 Å². The van der Waals surface area contributed by atoms with E-state index in [-0.39, 0.29) is 30.1 Å². The number of carbonyl (C=O) groups excluding carboxylic acids is 2. The Hall–Kier alpha value is -3.41. The molecular formula is C39H45Cl2NO4. The summed E-state index contributed by atoms with van der Waals surface area (Å²) in [5, 5.41) is 0.620. The van der Waals surface area contributed by atoms with E-state index in [1.54, 1.807) is 32.0 Å². The summed E-state index contributed by atoms with van der Waals surface area (Å²) >= 11 is 13.2. The zero-order valence-electron chi connectivity index (χ0n) is 27.6. The van der Waals surface area contributed by atoms with Crippen LogP contribution in [0.4, 0.5) is 0 Å². The SMILES string of the molecule is CC1=NC(C)=C(C(=O)OCCC(c2ccccc2)C(C)C)C(c2cccc(Cl)c2Cl)C1C(=O)OCCC(c1ccccc1)C(C)C. The maximum Gasteiger partial charge on any atom is 0.336 e. The monoisotopic (exact) mass is 661 g/mol. The van der Waals surface area contributed by atoms with Gasteiger partial charge in [0.25, 0.3) is 0 Å². The molecule has 0 aromatic heterocycles. The second kappa shape index (κ2) is 16.4. The largest absolute Gasteiger partial charge is 0.465 e. The molecule has 0 aliphatic carbocycles. The molecule has 1 aliphatic rings. The van der Waals surface area contributed by atoms with Crippen LogP contribution >= 0.6 is 23.2 Å². The molecule has 46 heavy (non-hydrogen) atoms. The van der Waals surface area contributed by atoms with Gasteiger partial charge in [-0.1, -0.05) is 124 Å². The Balaban J connectivity index is 1.58. The first kappa shape index (κ1) is 35.4. The third-order valence-electron chi connectivity index (χ3n) is 9.02. The van der Waals surface area contributed by atoms with Gasteiger partial charge in [-0.25, -0.2) is 4.79 Å². The Labute approximate surface area is 284 Å². The molecule has 4 atom stereocenters. The van der Waals surface area contributed by atoms with Gasteiger partial charge in [0.2, 0.25) is 0 Å². The molecule has 1 aliphatic heterocycles. The van der Waals surface area contributed by atoms with Crippen molar-refractivity contribution >= 4 is 40.9 Å². The minimum atomic E-state index is -0.871. The molecule has 3 aromatic rings. The van der Waals surface area contributed by atoms with E-state index in [0.29, 0.717) is 52.2 Å². The van der Waals surface area contributed by atoms with Gasteiger partial charge in [-0.05, 0) is 73.1 Å². The second-order valence-corrected chi connectivity index (χ2v) is 13.5. The normalized spacial score (nSPS) is 17.9. The first-order chi connectivity index (χ1) is 22.0. The number of carbonyl (C=O) groups is 2. The van der Waals surface area contributed by atoms with Gasteiger partial charge in [0.15, 0.2) is 0 Å². The standard InChI is InChI=1S/C39H45Cl2NO4/c1-24(2)30(28-14-9-7-10-15-28)20-22-45-38(43)34-26(5)42-27(6)35(36(34)32-18-13-19-33(40)37(32)41)39(44)46-23-21-31(25(3)4)29-16-11-8-12-17-29/h7-19,24-25,30-31,34,36H,20-23H2,1-6H3. The van der Waals surface area contributed by atoms with Crippen molar-refractivity contribution in [3.63, 3.8) is 0 Å². The van der Waals surface area contributed by atoms with E-state index >= 15 is 0 Å². The number of benzene rings is 3. The van der Waals surface area contributed by atoms with Crippen LogP contribution in [0.2, 0.25) is 10.0 Å². The summed E-state index contributed by atoms with van der Waals surface area (Å²) in [6.07, 6.45) is 1.33. The van der Waals surface area contributed by atoms with Crippen molar-refractivity contribution in [3.05, 3.63) is 117 Å². The average Bonchev–Trinajstić information content (AvgIpc) is 3.02. The van der Waals surface area contributed by atoms with Crippen molar-refractivity contribution in [2.75, 3.05) is 13.2 Å². The summed E-state index contributed by atoms with van der Waals surface area (Å²) in [6, 6.07) is 25.8. The lowest BCUT2D eigenvalue weighted by atomic mass is 9.75. The van der Waals surface area contributed by atoms with Crippen LogP contribution in [0.25, 0.3) is 0 Å². The zero-order chi connectivity index (χ0) is 33.4. The first-order valence-electron chi connectivity index (χ1n) is 16.1. The zero-order valence-corrected chi connectivity index (χ0v) is 29.1. The van der Waals surface area contributed by atoms with Gasteiger partial charge in [-0.3, -0.25) is 9.79 Å². The van der Waals surface area contributed by atoms with Gasteiger partial charge in [0.05, 0.1) is 28.8 Å². The van der Waals surface area contributed by atoms with E-state index in [0.717, 1.165) is 0 Å². The molecule has 4 unspecified atom stereocenters. The number of ether oxygens (including phenoxy) is 2. The number of rotatable bonds is 13. The Kier molecular flexibility index (Phi) is 12.7. The molecule has 4 rings (SSSR count). The summed E-state index contributed by atoms with van der Waals surface area (Å²) in [6.45, 7) is 12.7. The summed E-state index contributed by atoms with van der Waals surface area (Å²) in [5.41, 5.74) is 4.31. The van der Waals surface area contributed by atoms with Gasteiger partial charge in [-0.15, -0.1) is 0 Å². The van der Waals surface area contributed by atoms with Crippen molar-refractivity contribution in [2.45, 2.75) is 72.1 Å². The van der Waals surface area contributed by atoms with Crippen molar-refractivity contribution < 1.29 is 19.1 Å². The molecule has 0 amide bonds. The van der Waals surface area contributed by atoms with Crippen LogP contribution in [-0.2, 0) is 19.1 Å². The predicted octanol–water partition coefficient (Wildman–Crippen LogP) is 10.2. The molecule has 0 bridgehead atoms. The van der Waals surface area contributed by atoms with Gasteiger partial charge in [-0.2, -0.15) is 0 Å². The lowest BCUT2D eigenvalue weighted by molar-refractivity contribution is -0.147. The molecule has 7 heteroatoms. The van der Waals surface area contributed by atoms with Crippen LogP contribution in [0.15, 0.2) is 95.1 Å². The molecule has 0 radical (unpaired) electrons. The highest BCUT2D eigenvalue weighted by Crippen LogP contribution is 2.44. The highest BCUT2D eigenvalue weighted by molar-refractivity contribution is 6.42. The highest BCUT2D eigenvalue weighted by Gasteiger charge is 2.43. The Morgan fingerprint density at radius 3 is 1.78 bits per heavy atom. The number of nitrogens with zero attached hydrogens (tertiary/aromatic N) is 1. The van der Waals surface area contributed by atoms with Gasteiger partial charge in [0, 0.05) is 17.3 Å². The van der Waals surface area contributed by atoms with Crippen LogP contribution in [0.5, 0.6) is 0 Å². The van der Waals surface area contributed by atoms with E-state index < -0.39 is 23.8 Å². The van der Waals surface area contributed by atoms with Crippen LogP contribution in [0.3, 0.4) is 0 Å². The number of hydrogen-bond donors (Lipinski definition) is 0. The molecule has 244 valence electrons.